The molecule has 0 aliphatic heterocycles. The number of carbonyl (C=O) groups excluding carboxylic acids is 1. The van der Waals surface area contributed by atoms with Crippen LogP contribution in [0, 0.1) is 0 Å². The Morgan fingerprint density at radius 2 is 1.67 bits per heavy atom. The minimum absolute atomic E-state index is 0.235. The van der Waals surface area contributed by atoms with E-state index in [9.17, 15) is 13.2 Å². The summed E-state index contributed by atoms with van der Waals surface area (Å²) in [6.45, 7) is 3.50. The molecule has 146 valence electrons. The predicted molar refractivity (Wildman–Crippen MR) is 107 cm³/mol. The van der Waals surface area contributed by atoms with Gasteiger partial charge in [-0.1, -0.05) is 35.3 Å². The van der Waals surface area contributed by atoms with Crippen LogP contribution in [0.25, 0.3) is 0 Å². The molecule has 2 aromatic carbocycles. The summed E-state index contributed by atoms with van der Waals surface area (Å²) in [6.07, 6.45) is 0.397. The lowest BCUT2D eigenvalue weighted by Gasteiger charge is -2.28. The lowest BCUT2D eigenvalue weighted by atomic mass is 10.1. The standard InChI is InChI=1S/C19H21Cl2NO4S/c1-12(14-5-8-16(9-6-14)27(4,24)25)22(3)19(23)13(2)26-18-10-7-15(20)11-17(18)21/h5-13H,1-4H3/t12-,13-/m1/s1. The maximum absolute atomic E-state index is 12.7. The average Bonchev–Trinajstić information content (AvgIpc) is 2.61. The van der Waals surface area contributed by atoms with E-state index in [0.29, 0.717) is 15.8 Å². The molecule has 0 aliphatic carbocycles. The smallest absolute Gasteiger partial charge is 0.263 e. The highest BCUT2D eigenvalue weighted by Crippen LogP contribution is 2.29. The normalized spacial score (nSPS) is 13.7. The summed E-state index contributed by atoms with van der Waals surface area (Å²) < 4.78 is 28.8. The highest BCUT2D eigenvalue weighted by atomic mass is 35.5. The molecule has 1 amide bonds. The number of benzene rings is 2. The Kier molecular flexibility index (Phi) is 6.78. The van der Waals surface area contributed by atoms with Crippen molar-refractivity contribution in [1.82, 2.24) is 4.90 Å². The van der Waals surface area contributed by atoms with E-state index in [4.69, 9.17) is 27.9 Å². The van der Waals surface area contributed by atoms with Gasteiger partial charge in [-0.2, -0.15) is 0 Å². The van der Waals surface area contributed by atoms with E-state index in [2.05, 4.69) is 0 Å². The molecule has 0 spiro atoms. The number of sulfone groups is 1. The molecule has 0 saturated heterocycles. The van der Waals surface area contributed by atoms with Crippen LogP contribution >= 0.6 is 23.2 Å². The van der Waals surface area contributed by atoms with Crippen molar-refractivity contribution >= 4 is 38.9 Å². The average molecular weight is 430 g/mol. The molecule has 2 atom stereocenters. The lowest BCUT2D eigenvalue weighted by molar-refractivity contribution is -0.138. The van der Waals surface area contributed by atoms with Crippen LogP contribution in [0.3, 0.4) is 0 Å². The third-order valence-electron chi connectivity index (χ3n) is 4.26. The molecule has 0 unspecified atom stereocenters. The minimum Gasteiger partial charge on any atom is -0.479 e. The van der Waals surface area contributed by atoms with Gasteiger partial charge in [0, 0.05) is 18.3 Å². The van der Waals surface area contributed by atoms with Crippen molar-refractivity contribution in [3.8, 4) is 5.75 Å². The minimum atomic E-state index is -3.26. The largest absolute Gasteiger partial charge is 0.479 e. The molecule has 2 rings (SSSR count). The van der Waals surface area contributed by atoms with E-state index in [1.807, 2.05) is 6.92 Å². The van der Waals surface area contributed by atoms with Crippen molar-refractivity contribution in [2.24, 2.45) is 0 Å². The monoisotopic (exact) mass is 429 g/mol. The fourth-order valence-electron chi connectivity index (χ4n) is 2.51. The van der Waals surface area contributed by atoms with Crippen LogP contribution in [-0.4, -0.2) is 38.6 Å². The maximum Gasteiger partial charge on any atom is 0.263 e. The number of carbonyl (C=O) groups is 1. The van der Waals surface area contributed by atoms with Gasteiger partial charge in [0.05, 0.1) is 16.0 Å². The van der Waals surface area contributed by atoms with Gasteiger partial charge in [-0.25, -0.2) is 8.42 Å². The molecule has 0 N–H and O–H groups in total. The van der Waals surface area contributed by atoms with Crippen molar-refractivity contribution in [3.05, 3.63) is 58.1 Å². The van der Waals surface area contributed by atoms with Crippen molar-refractivity contribution in [2.75, 3.05) is 13.3 Å². The van der Waals surface area contributed by atoms with Crippen molar-refractivity contribution in [2.45, 2.75) is 30.9 Å². The van der Waals surface area contributed by atoms with E-state index < -0.39 is 15.9 Å². The summed E-state index contributed by atoms with van der Waals surface area (Å²) in [5.41, 5.74) is 0.815. The van der Waals surface area contributed by atoms with E-state index in [1.54, 1.807) is 49.2 Å². The number of rotatable bonds is 6. The highest BCUT2D eigenvalue weighted by Gasteiger charge is 2.24. The van der Waals surface area contributed by atoms with Gasteiger partial charge in [-0.3, -0.25) is 4.79 Å². The van der Waals surface area contributed by atoms with Gasteiger partial charge in [0.2, 0.25) is 0 Å². The molecule has 0 fully saturated rings. The Morgan fingerprint density at radius 3 is 2.19 bits per heavy atom. The number of amides is 1. The number of nitrogens with zero attached hydrogens (tertiary/aromatic N) is 1. The van der Waals surface area contributed by atoms with Crippen LogP contribution in [0.4, 0.5) is 0 Å². The molecular weight excluding hydrogens is 409 g/mol. The lowest BCUT2D eigenvalue weighted by Crippen LogP contribution is -2.39. The second-order valence-electron chi connectivity index (χ2n) is 6.30. The SMILES string of the molecule is C[C@H](c1ccc(S(C)(=O)=O)cc1)N(C)C(=O)[C@@H](C)Oc1ccc(Cl)cc1Cl. The first-order valence-corrected chi connectivity index (χ1v) is 10.8. The number of hydrogen-bond acceptors (Lipinski definition) is 4. The third kappa shape index (κ3) is 5.37. The molecule has 0 aliphatic rings. The topological polar surface area (TPSA) is 63.7 Å². The van der Waals surface area contributed by atoms with Crippen LogP contribution in [0.1, 0.15) is 25.5 Å². The molecule has 2 aromatic rings. The van der Waals surface area contributed by atoms with Gasteiger partial charge in [0.1, 0.15) is 5.75 Å². The molecule has 5 nitrogen and oxygen atoms in total. The third-order valence-corrected chi connectivity index (χ3v) is 5.92. The Morgan fingerprint density at radius 1 is 1.07 bits per heavy atom. The summed E-state index contributed by atoms with van der Waals surface area (Å²) in [4.78, 5) is 14.5. The van der Waals surface area contributed by atoms with Gasteiger partial charge in [0.15, 0.2) is 15.9 Å². The quantitative estimate of drug-likeness (QED) is 0.682. The van der Waals surface area contributed by atoms with Crippen molar-refractivity contribution in [1.29, 1.82) is 0 Å². The summed E-state index contributed by atoms with van der Waals surface area (Å²) in [6, 6.07) is 11.0. The van der Waals surface area contributed by atoms with Crippen molar-refractivity contribution < 1.29 is 17.9 Å². The zero-order chi connectivity index (χ0) is 20.4. The molecule has 0 heterocycles. The molecular formula is C19H21Cl2NO4S. The molecule has 27 heavy (non-hydrogen) atoms. The van der Waals surface area contributed by atoms with Crippen LogP contribution in [-0.2, 0) is 14.6 Å². The van der Waals surface area contributed by atoms with E-state index in [0.717, 1.165) is 11.8 Å². The molecule has 8 heteroatoms. The summed E-state index contributed by atoms with van der Waals surface area (Å²) in [5.74, 6) is 0.140. The summed E-state index contributed by atoms with van der Waals surface area (Å²) in [5, 5.41) is 0.809. The highest BCUT2D eigenvalue weighted by molar-refractivity contribution is 7.90. The predicted octanol–water partition coefficient (Wildman–Crippen LogP) is 4.38. The first kappa shape index (κ1) is 21.5. The number of halogens is 2. The zero-order valence-electron chi connectivity index (χ0n) is 15.4. The van der Waals surface area contributed by atoms with Gasteiger partial charge in [-0.15, -0.1) is 0 Å². The summed E-state index contributed by atoms with van der Waals surface area (Å²) in [7, 11) is -1.59. The zero-order valence-corrected chi connectivity index (χ0v) is 17.8. The van der Waals surface area contributed by atoms with Gasteiger partial charge >= 0.3 is 0 Å². The number of likely N-dealkylation sites (N-methyl/N-ethyl adjacent to an activating group) is 1. The molecule has 0 aromatic heterocycles. The fraction of sp³-hybridized carbons (Fsp3) is 0.316. The van der Waals surface area contributed by atoms with Crippen LogP contribution < -0.4 is 4.74 Å². The molecule has 0 saturated carbocycles. The van der Waals surface area contributed by atoms with E-state index in [-0.39, 0.29) is 16.8 Å². The van der Waals surface area contributed by atoms with E-state index >= 15 is 0 Å². The number of ether oxygens (including phenoxy) is 1. The van der Waals surface area contributed by atoms with Gasteiger partial charge in [-0.05, 0) is 49.7 Å². The first-order valence-electron chi connectivity index (χ1n) is 8.19. The molecule has 0 bridgehead atoms. The second kappa shape index (κ2) is 8.50. The number of hydrogen-bond donors (Lipinski definition) is 0. The fourth-order valence-corrected chi connectivity index (χ4v) is 3.59. The second-order valence-corrected chi connectivity index (χ2v) is 9.16. The maximum atomic E-state index is 12.7. The Labute approximate surface area is 169 Å². The van der Waals surface area contributed by atoms with Crippen molar-refractivity contribution in [3.63, 3.8) is 0 Å². The Hall–Kier alpha value is -1.76. The Balaban J connectivity index is 2.10. The van der Waals surface area contributed by atoms with E-state index in [1.165, 1.54) is 12.1 Å². The Bertz CT molecular complexity index is 929. The van der Waals surface area contributed by atoms with Gasteiger partial charge in [0.25, 0.3) is 5.91 Å². The summed E-state index contributed by atoms with van der Waals surface area (Å²) >= 11 is 11.9. The van der Waals surface area contributed by atoms with Crippen LogP contribution in [0.5, 0.6) is 5.75 Å². The van der Waals surface area contributed by atoms with Gasteiger partial charge < -0.3 is 9.64 Å². The van der Waals surface area contributed by atoms with Crippen LogP contribution in [0.2, 0.25) is 10.0 Å². The van der Waals surface area contributed by atoms with Crippen LogP contribution in [0.15, 0.2) is 47.4 Å². The molecule has 0 radical (unpaired) electrons. The first-order chi connectivity index (χ1) is 12.5.